The third-order valence-electron chi connectivity index (χ3n) is 4.50. The van der Waals surface area contributed by atoms with Gasteiger partial charge < -0.3 is 10.1 Å². The van der Waals surface area contributed by atoms with E-state index in [1.165, 1.54) is 24.0 Å². The third-order valence-corrected chi connectivity index (χ3v) is 4.71. The van der Waals surface area contributed by atoms with Gasteiger partial charge in [-0.05, 0) is 60.9 Å². The number of ether oxygens (including phenoxy) is 1. The van der Waals surface area contributed by atoms with Crippen LogP contribution in [0.5, 0.6) is 5.75 Å². The topological polar surface area (TPSA) is 21.3 Å². The van der Waals surface area contributed by atoms with Crippen molar-refractivity contribution in [3.63, 3.8) is 0 Å². The number of nitrogens with one attached hydrogen (secondary N) is 1. The first-order valence-electron chi connectivity index (χ1n) is 7.81. The van der Waals surface area contributed by atoms with E-state index in [9.17, 15) is 0 Å². The summed E-state index contributed by atoms with van der Waals surface area (Å²) in [5.41, 5.74) is 2.58. The Morgan fingerprint density at radius 1 is 1.35 bits per heavy atom. The average molecular weight is 294 g/mol. The molecular weight excluding hydrogens is 270 g/mol. The van der Waals surface area contributed by atoms with Crippen LogP contribution in [0.1, 0.15) is 37.8 Å². The molecule has 1 aromatic carbocycles. The summed E-state index contributed by atoms with van der Waals surface area (Å²) in [6.07, 6.45) is 4.75. The van der Waals surface area contributed by atoms with Crippen molar-refractivity contribution in [2.45, 2.75) is 45.6 Å². The summed E-state index contributed by atoms with van der Waals surface area (Å²) < 4.78 is 5.82. The SMILES string of the molecule is CC(C)C(CNC1CC1)Cc1cc(Cl)cc2c1OCC2. The molecule has 1 aromatic rings. The van der Waals surface area contributed by atoms with Gasteiger partial charge >= 0.3 is 0 Å². The van der Waals surface area contributed by atoms with E-state index in [1.54, 1.807) is 0 Å². The molecule has 0 radical (unpaired) electrons. The number of fused-ring (bicyclic) bond motifs is 1. The van der Waals surface area contributed by atoms with Gasteiger partial charge in [0.15, 0.2) is 0 Å². The first kappa shape index (κ1) is 14.2. The molecule has 1 saturated carbocycles. The lowest BCUT2D eigenvalue weighted by Gasteiger charge is -2.22. The molecule has 1 aliphatic carbocycles. The van der Waals surface area contributed by atoms with Crippen molar-refractivity contribution in [1.82, 2.24) is 5.32 Å². The lowest BCUT2D eigenvalue weighted by atomic mass is 9.88. The molecule has 1 atom stereocenters. The lowest BCUT2D eigenvalue weighted by Crippen LogP contribution is -2.29. The monoisotopic (exact) mass is 293 g/mol. The van der Waals surface area contributed by atoms with Crippen molar-refractivity contribution in [1.29, 1.82) is 0 Å². The Morgan fingerprint density at radius 3 is 2.85 bits per heavy atom. The summed E-state index contributed by atoms with van der Waals surface area (Å²) in [4.78, 5) is 0. The maximum absolute atomic E-state index is 6.26. The number of benzene rings is 1. The van der Waals surface area contributed by atoms with Crippen LogP contribution in [0.4, 0.5) is 0 Å². The van der Waals surface area contributed by atoms with Crippen LogP contribution in [0.25, 0.3) is 0 Å². The molecule has 1 N–H and O–H groups in total. The van der Waals surface area contributed by atoms with Gasteiger partial charge in [0.1, 0.15) is 5.75 Å². The largest absolute Gasteiger partial charge is 0.493 e. The minimum Gasteiger partial charge on any atom is -0.493 e. The Hall–Kier alpha value is -0.730. The summed E-state index contributed by atoms with van der Waals surface area (Å²) >= 11 is 6.26. The summed E-state index contributed by atoms with van der Waals surface area (Å²) in [7, 11) is 0. The molecule has 1 unspecified atom stereocenters. The fourth-order valence-corrected chi connectivity index (χ4v) is 3.19. The number of rotatable bonds is 6. The molecule has 0 aromatic heterocycles. The molecule has 2 nitrogen and oxygen atoms in total. The van der Waals surface area contributed by atoms with E-state index in [0.29, 0.717) is 11.8 Å². The van der Waals surface area contributed by atoms with Gasteiger partial charge in [-0.15, -0.1) is 0 Å². The second-order valence-electron chi connectivity index (χ2n) is 6.54. The Bertz CT molecular complexity index is 482. The molecule has 1 aliphatic heterocycles. The Balaban J connectivity index is 1.73. The van der Waals surface area contributed by atoms with Crippen LogP contribution in [0, 0.1) is 11.8 Å². The first-order valence-corrected chi connectivity index (χ1v) is 8.18. The maximum Gasteiger partial charge on any atom is 0.125 e. The van der Waals surface area contributed by atoms with Crippen molar-refractivity contribution in [2.24, 2.45) is 11.8 Å². The van der Waals surface area contributed by atoms with E-state index in [-0.39, 0.29) is 0 Å². The lowest BCUT2D eigenvalue weighted by molar-refractivity contribution is 0.335. The second kappa shape index (κ2) is 5.95. The van der Waals surface area contributed by atoms with Crippen LogP contribution in [-0.4, -0.2) is 19.2 Å². The number of hydrogen-bond donors (Lipinski definition) is 1. The molecular formula is C17H24ClNO. The summed E-state index contributed by atoms with van der Waals surface area (Å²) in [6.45, 7) is 6.52. The van der Waals surface area contributed by atoms with Gasteiger partial charge in [-0.1, -0.05) is 25.4 Å². The molecule has 0 spiro atoms. The standard InChI is InChI=1S/C17H24ClNO/c1-11(2)14(10-19-16-3-4-16)7-13-9-15(18)8-12-5-6-20-17(12)13/h8-9,11,14,16,19H,3-7,10H2,1-2H3. The molecule has 20 heavy (non-hydrogen) atoms. The Labute approximate surface area is 126 Å². The zero-order valence-corrected chi connectivity index (χ0v) is 13.2. The van der Waals surface area contributed by atoms with E-state index in [1.807, 2.05) is 0 Å². The van der Waals surface area contributed by atoms with Crippen LogP contribution >= 0.6 is 11.6 Å². The van der Waals surface area contributed by atoms with Crippen molar-refractivity contribution in [2.75, 3.05) is 13.2 Å². The molecule has 110 valence electrons. The van der Waals surface area contributed by atoms with Crippen LogP contribution in [0.3, 0.4) is 0 Å². The molecule has 0 amide bonds. The van der Waals surface area contributed by atoms with Crippen LogP contribution in [-0.2, 0) is 12.8 Å². The Kier molecular flexibility index (Phi) is 4.23. The van der Waals surface area contributed by atoms with Gasteiger partial charge in [0, 0.05) is 17.5 Å². The van der Waals surface area contributed by atoms with E-state index in [2.05, 4.69) is 31.3 Å². The molecule has 3 rings (SSSR count). The molecule has 2 aliphatic rings. The normalized spacial score (nSPS) is 19.0. The highest BCUT2D eigenvalue weighted by Crippen LogP contribution is 2.35. The number of halogens is 1. The van der Waals surface area contributed by atoms with Crippen molar-refractivity contribution >= 4 is 11.6 Å². The van der Waals surface area contributed by atoms with Gasteiger partial charge in [0.05, 0.1) is 6.61 Å². The zero-order chi connectivity index (χ0) is 14.1. The summed E-state index contributed by atoms with van der Waals surface area (Å²) in [5, 5.41) is 4.52. The van der Waals surface area contributed by atoms with E-state index in [4.69, 9.17) is 16.3 Å². The van der Waals surface area contributed by atoms with E-state index in [0.717, 1.165) is 42.8 Å². The summed E-state index contributed by atoms with van der Waals surface area (Å²) in [5.74, 6) is 2.41. The molecule has 1 heterocycles. The smallest absolute Gasteiger partial charge is 0.125 e. The van der Waals surface area contributed by atoms with E-state index < -0.39 is 0 Å². The van der Waals surface area contributed by atoms with Gasteiger partial charge in [-0.3, -0.25) is 0 Å². The third kappa shape index (κ3) is 3.29. The highest BCUT2D eigenvalue weighted by atomic mass is 35.5. The predicted molar refractivity (Wildman–Crippen MR) is 83.7 cm³/mol. The maximum atomic E-state index is 6.26. The first-order chi connectivity index (χ1) is 9.63. The fraction of sp³-hybridized carbons (Fsp3) is 0.647. The Morgan fingerprint density at radius 2 is 2.15 bits per heavy atom. The zero-order valence-electron chi connectivity index (χ0n) is 12.4. The highest BCUT2D eigenvalue weighted by Gasteiger charge is 2.25. The van der Waals surface area contributed by atoms with Gasteiger partial charge in [0.25, 0.3) is 0 Å². The quantitative estimate of drug-likeness (QED) is 0.860. The fourth-order valence-electron chi connectivity index (χ4n) is 2.93. The van der Waals surface area contributed by atoms with Gasteiger partial charge in [-0.2, -0.15) is 0 Å². The van der Waals surface area contributed by atoms with E-state index >= 15 is 0 Å². The number of hydrogen-bond acceptors (Lipinski definition) is 2. The van der Waals surface area contributed by atoms with Crippen LogP contribution < -0.4 is 10.1 Å². The average Bonchev–Trinajstić information content (AvgIpc) is 3.10. The second-order valence-corrected chi connectivity index (χ2v) is 6.98. The minimum absolute atomic E-state index is 0.641. The van der Waals surface area contributed by atoms with Gasteiger partial charge in [0.2, 0.25) is 0 Å². The molecule has 3 heteroatoms. The highest BCUT2D eigenvalue weighted by molar-refractivity contribution is 6.30. The minimum atomic E-state index is 0.641. The van der Waals surface area contributed by atoms with Gasteiger partial charge in [-0.25, -0.2) is 0 Å². The van der Waals surface area contributed by atoms with Crippen molar-refractivity contribution in [3.8, 4) is 5.75 Å². The molecule has 1 fully saturated rings. The van der Waals surface area contributed by atoms with Crippen molar-refractivity contribution < 1.29 is 4.74 Å². The van der Waals surface area contributed by atoms with Crippen molar-refractivity contribution in [3.05, 3.63) is 28.3 Å². The summed E-state index contributed by atoms with van der Waals surface area (Å²) in [6, 6.07) is 4.93. The molecule has 0 saturated heterocycles. The van der Waals surface area contributed by atoms with Crippen LogP contribution in [0.2, 0.25) is 5.02 Å². The van der Waals surface area contributed by atoms with Crippen LogP contribution in [0.15, 0.2) is 12.1 Å². The predicted octanol–water partition coefficient (Wildman–Crippen LogP) is 3.84. The molecule has 0 bridgehead atoms.